The van der Waals surface area contributed by atoms with Crippen LogP contribution in [0, 0.1) is 12.7 Å². The Labute approximate surface area is 125 Å². The van der Waals surface area contributed by atoms with Crippen LogP contribution >= 0.6 is 0 Å². The number of halogens is 1. The van der Waals surface area contributed by atoms with Gasteiger partial charge in [-0.15, -0.1) is 0 Å². The molecule has 0 aliphatic carbocycles. The van der Waals surface area contributed by atoms with Crippen molar-refractivity contribution in [3.8, 4) is 0 Å². The van der Waals surface area contributed by atoms with Crippen LogP contribution < -0.4 is 5.32 Å². The van der Waals surface area contributed by atoms with E-state index in [1.807, 2.05) is 0 Å². The number of benzene rings is 1. The average Bonchev–Trinajstić information content (AvgIpc) is 2.48. The van der Waals surface area contributed by atoms with Crippen LogP contribution in [0.25, 0.3) is 0 Å². The van der Waals surface area contributed by atoms with Crippen LogP contribution in [0.15, 0.2) is 23.1 Å². The number of rotatable bonds is 5. The summed E-state index contributed by atoms with van der Waals surface area (Å²) in [7, 11) is -2.28. The van der Waals surface area contributed by atoms with Gasteiger partial charge in [0, 0.05) is 46.3 Å². The zero-order valence-corrected chi connectivity index (χ0v) is 13.3. The van der Waals surface area contributed by atoms with Crippen LogP contribution in [0.2, 0.25) is 0 Å². The third-order valence-electron chi connectivity index (χ3n) is 3.72. The highest BCUT2D eigenvalue weighted by molar-refractivity contribution is 7.89. The molecular weight excluding hydrogens is 293 g/mol. The standard InChI is InChI=1S/C14H22FN3O2S/c1-12-3-4-13(15)14(11-12)21(19,20)17(2)9-10-18-7-5-16-6-8-18/h3-4,11,16H,5-10H2,1-2H3. The molecule has 5 nitrogen and oxygen atoms in total. The maximum atomic E-state index is 13.8. The van der Waals surface area contributed by atoms with Gasteiger partial charge >= 0.3 is 0 Å². The lowest BCUT2D eigenvalue weighted by Crippen LogP contribution is -2.46. The van der Waals surface area contributed by atoms with Gasteiger partial charge in [0.2, 0.25) is 10.0 Å². The summed E-state index contributed by atoms with van der Waals surface area (Å²) in [5.74, 6) is -0.699. The largest absolute Gasteiger partial charge is 0.314 e. The first-order chi connectivity index (χ1) is 9.91. The van der Waals surface area contributed by atoms with Gasteiger partial charge in [-0.3, -0.25) is 4.90 Å². The number of likely N-dealkylation sites (N-methyl/N-ethyl adjacent to an activating group) is 1. The van der Waals surface area contributed by atoms with E-state index in [4.69, 9.17) is 0 Å². The molecule has 2 rings (SSSR count). The summed E-state index contributed by atoms with van der Waals surface area (Å²) in [6.45, 7) is 6.42. The molecule has 1 aliphatic heterocycles. The highest BCUT2D eigenvalue weighted by Gasteiger charge is 2.25. The van der Waals surface area contributed by atoms with Gasteiger partial charge in [-0.2, -0.15) is 4.31 Å². The molecule has 118 valence electrons. The summed E-state index contributed by atoms with van der Waals surface area (Å²) >= 11 is 0. The molecule has 0 bridgehead atoms. The number of hydrogen-bond donors (Lipinski definition) is 1. The predicted molar refractivity (Wildman–Crippen MR) is 80.3 cm³/mol. The fourth-order valence-corrected chi connectivity index (χ4v) is 3.62. The number of piperazine rings is 1. The van der Waals surface area contributed by atoms with Crippen molar-refractivity contribution in [2.24, 2.45) is 0 Å². The van der Waals surface area contributed by atoms with E-state index in [2.05, 4.69) is 10.2 Å². The minimum atomic E-state index is -3.78. The molecule has 0 amide bonds. The molecule has 0 radical (unpaired) electrons. The van der Waals surface area contributed by atoms with Crippen LogP contribution in [-0.4, -0.2) is 63.9 Å². The van der Waals surface area contributed by atoms with Gasteiger partial charge in [-0.25, -0.2) is 12.8 Å². The summed E-state index contributed by atoms with van der Waals surface area (Å²) in [6, 6.07) is 4.15. The second-order valence-corrected chi connectivity index (χ2v) is 7.37. The lowest BCUT2D eigenvalue weighted by Gasteiger charge is -2.28. The van der Waals surface area contributed by atoms with Crippen LogP contribution in [-0.2, 0) is 10.0 Å². The number of nitrogens with one attached hydrogen (secondary N) is 1. The SMILES string of the molecule is Cc1ccc(F)c(S(=O)(=O)N(C)CCN2CCNCC2)c1. The minimum Gasteiger partial charge on any atom is -0.314 e. The highest BCUT2D eigenvalue weighted by Crippen LogP contribution is 2.19. The van der Waals surface area contributed by atoms with E-state index in [-0.39, 0.29) is 4.90 Å². The quantitative estimate of drug-likeness (QED) is 0.867. The fraction of sp³-hybridized carbons (Fsp3) is 0.571. The molecule has 0 spiro atoms. The summed E-state index contributed by atoms with van der Waals surface area (Å²) in [6.07, 6.45) is 0. The molecule has 1 aromatic carbocycles. The first-order valence-corrected chi connectivity index (χ1v) is 8.51. The smallest absolute Gasteiger partial charge is 0.245 e. The van der Waals surface area contributed by atoms with Gasteiger partial charge in [-0.05, 0) is 24.6 Å². The summed E-state index contributed by atoms with van der Waals surface area (Å²) in [5, 5.41) is 3.25. The highest BCUT2D eigenvalue weighted by atomic mass is 32.2. The molecule has 1 fully saturated rings. The van der Waals surface area contributed by atoms with Gasteiger partial charge in [0.1, 0.15) is 10.7 Å². The van der Waals surface area contributed by atoms with Gasteiger partial charge in [0.15, 0.2) is 0 Å². The maximum Gasteiger partial charge on any atom is 0.245 e. The zero-order valence-electron chi connectivity index (χ0n) is 12.5. The molecule has 21 heavy (non-hydrogen) atoms. The Morgan fingerprint density at radius 1 is 1.33 bits per heavy atom. The Morgan fingerprint density at radius 3 is 2.67 bits per heavy atom. The van der Waals surface area contributed by atoms with E-state index in [9.17, 15) is 12.8 Å². The molecule has 0 aromatic heterocycles. The topological polar surface area (TPSA) is 52.7 Å². The Kier molecular flexibility index (Phi) is 5.32. The van der Waals surface area contributed by atoms with Crippen molar-refractivity contribution in [3.05, 3.63) is 29.6 Å². The van der Waals surface area contributed by atoms with Crippen molar-refractivity contribution < 1.29 is 12.8 Å². The van der Waals surface area contributed by atoms with Crippen LogP contribution in [0.3, 0.4) is 0 Å². The second kappa shape index (κ2) is 6.83. The van der Waals surface area contributed by atoms with Crippen LogP contribution in [0.1, 0.15) is 5.56 Å². The van der Waals surface area contributed by atoms with E-state index in [1.165, 1.54) is 23.5 Å². The molecule has 0 atom stereocenters. The molecule has 1 N–H and O–H groups in total. The third-order valence-corrected chi connectivity index (χ3v) is 5.59. The van der Waals surface area contributed by atoms with Crippen LogP contribution in [0.4, 0.5) is 4.39 Å². The first-order valence-electron chi connectivity index (χ1n) is 7.07. The van der Waals surface area contributed by atoms with Crippen LogP contribution in [0.5, 0.6) is 0 Å². The van der Waals surface area contributed by atoms with E-state index in [0.717, 1.165) is 31.7 Å². The summed E-state index contributed by atoms with van der Waals surface area (Å²) < 4.78 is 39.9. The lowest BCUT2D eigenvalue weighted by atomic mass is 10.2. The Balaban J connectivity index is 2.05. The average molecular weight is 315 g/mol. The van der Waals surface area contributed by atoms with E-state index < -0.39 is 15.8 Å². The van der Waals surface area contributed by atoms with Crippen molar-refractivity contribution in [2.75, 3.05) is 46.3 Å². The third kappa shape index (κ3) is 4.00. The van der Waals surface area contributed by atoms with E-state index in [0.29, 0.717) is 13.1 Å². The minimum absolute atomic E-state index is 0.245. The molecule has 0 unspecified atom stereocenters. The fourth-order valence-electron chi connectivity index (χ4n) is 2.31. The summed E-state index contributed by atoms with van der Waals surface area (Å²) in [5.41, 5.74) is 0.727. The molecule has 1 aromatic rings. The first kappa shape index (κ1) is 16.4. The van der Waals surface area contributed by atoms with Crippen molar-refractivity contribution >= 4 is 10.0 Å². The molecule has 0 saturated carbocycles. The van der Waals surface area contributed by atoms with Gasteiger partial charge in [0.25, 0.3) is 0 Å². The lowest BCUT2D eigenvalue weighted by molar-refractivity contribution is 0.229. The molecule has 1 saturated heterocycles. The van der Waals surface area contributed by atoms with Crippen molar-refractivity contribution in [3.63, 3.8) is 0 Å². The van der Waals surface area contributed by atoms with E-state index in [1.54, 1.807) is 13.0 Å². The van der Waals surface area contributed by atoms with Gasteiger partial charge in [0.05, 0.1) is 0 Å². The second-order valence-electron chi connectivity index (χ2n) is 5.35. The summed E-state index contributed by atoms with van der Waals surface area (Å²) in [4.78, 5) is 1.96. The number of aryl methyl sites for hydroxylation is 1. The molecule has 1 heterocycles. The predicted octanol–water partition coefficient (Wildman–Crippen LogP) is 0.660. The molecular formula is C14H22FN3O2S. The van der Waals surface area contributed by atoms with Crippen molar-refractivity contribution in [1.82, 2.24) is 14.5 Å². The van der Waals surface area contributed by atoms with Crippen molar-refractivity contribution in [1.29, 1.82) is 0 Å². The Bertz CT molecular complexity index is 586. The van der Waals surface area contributed by atoms with E-state index >= 15 is 0 Å². The molecule has 1 aliphatic rings. The number of sulfonamides is 1. The number of hydrogen-bond acceptors (Lipinski definition) is 4. The zero-order chi connectivity index (χ0) is 15.5. The molecule has 7 heteroatoms. The number of nitrogens with zero attached hydrogens (tertiary/aromatic N) is 2. The van der Waals surface area contributed by atoms with Crippen molar-refractivity contribution in [2.45, 2.75) is 11.8 Å². The Morgan fingerprint density at radius 2 is 2.00 bits per heavy atom. The normalized spacial score (nSPS) is 17.3. The Hall–Kier alpha value is -1.02. The maximum absolute atomic E-state index is 13.8. The van der Waals surface area contributed by atoms with Gasteiger partial charge < -0.3 is 5.32 Å². The van der Waals surface area contributed by atoms with Gasteiger partial charge in [-0.1, -0.05) is 6.07 Å². The monoisotopic (exact) mass is 315 g/mol.